The summed E-state index contributed by atoms with van der Waals surface area (Å²) in [6, 6.07) is 14.7. The number of piperidine rings is 1. The summed E-state index contributed by atoms with van der Waals surface area (Å²) in [6.45, 7) is 3.95. The van der Waals surface area contributed by atoms with Crippen molar-refractivity contribution < 1.29 is 9.13 Å². The molecule has 156 valence electrons. The van der Waals surface area contributed by atoms with Crippen LogP contribution in [0.2, 0.25) is 5.02 Å². The van der Waals surface area contributed by atoms with Crippen molar-refractivity contribution in [3.05, 3.63) is 76.7 Å². The molecule has 3 N–H and O–H groups in total. The van der Waals surface area contributed by atoms with Gasteiger partial charge in [0, 0.05) is 22.3 Å². The van der Waals surface area contributed by atoms with E-state index in [4.69, 9.17) is 22.1 Å². The number of benzene rings is 2. The molecule has 3 aromatic rings. The molecule has 1 saturated heterocycles. The van der Waals surface area contributed by atoms with Gasteiger partial charge in [-0.3, -0.25) is 0 Å². The number of halogens is 2. The second-order valence-corrected chi connectivity index (χ2v) is 8.09. The fourth-order valence-corrected chi connectivity index (χ4v) is 4.16. The molecule has 1 unspecified atom stereocenters. The van der Waals surface area contributed by atoms with E-state index in [2.05, 4.69) is 34.6 Å². The van der Waals surface area contributed by atoms with Crippen LogP contribution in [0.25, 0.3) is 11.1 Å². The molecule has 1 aliphatic rings. The molecule has 1 aromatic heterocycles. The van der Waals surface area contributed by atoms with Gasteiger partial charge in [-0.25, -0.2) is 9.37 Å². The molecular formula is C24H25ClFN3O. The van der Waals surface area contributed by atoms with Crippen molar-refractivity contribution in [1.82, 2.24) is 10.3 Å². The van der Waals surface area contributed by atoms with Crippen molar-refractivity contribution in [2.24, 2.45) is 0 Å². The lowest BCUT2D eigenvalue weighted by molar-refractivity contribution is 0.227. The lowest BCUT2D eigenvalue weighted by atomic mass is 9.89. The minimum atomic E-state index is -0.477. The number of hydrogen-bond donors (Lipinski definition) is 2. The minimum Gasteiger partial charge on any atom is -0.482 e. The number of pyridine rings is 1. The molecule has 6 heteroatoms. The van der Waals surface area contributed by atoms with Gasteiger partial charge >= 0.3 is 0 Å². The molecule has 2 heterocycles. The lowest BCUT2D eigenvalue weighted by Gasteiger charge is -2.23. The molecule has 2 aromatic carbocycles. The zero-order valence-electron chi connectivity index (χ0n) is 16.9. The molecule has 0 radical (unpaired) electrons. The van der Waals surface area contributed by atoms with Gasteiger partial charge in [-0.05, 0) is 74.2 Å². The van der Waals surface area contributed by atoms with E-state index in [1.165, 1.54) is 36.6 Å². The first-order valence-electron chi connectivity index (χ1n) is 10.2. The SMILES string of the molecule is CC(Oc1cc(-c2ccc(C3CCNCC3)cc2)cnc1N)c1cc(F)ccc1Cl. The number of anilines is 1. The minimum absolute atomic E-state index is 0.282. The molecule has 4 nitrogen and oxygen atoms in total. The van der Waals surface area contributed by atoms with Gasteiger partial charge in [0.2, 0.25) is 0 Å². The maximum atomic E-state index is 13.6. The van der Waals surface area contributed by atoms with Gasteiger partial charge in [-0.2, -0.15) is 0 Å². The molecule has 0 saturated carbocycles. The summed E-state index contributed by atoms with van der Waals surface area (Å²) in [7, 11) is 0. The first-order chi connectivity index (χ1) is 14.5. The number of aromatic nitrogens is 1. The van der Waals surface area contributed by atoms with Crippen LogP contribution in [-0.4, -0.2) is 18.1 Å². The van der Waals surface area contributed by atoms with E-state index >= 15 is 0 Å². The fourth-order valence-electron chi connectivity index (χ4n) is 3.89. The highest BCUT2D eigenvalue weighted by Gasteiger charge is 2.17. The zero-order chi connectivity index (χ0) is 21.1. The van der Waals surface area contributed by atoms with Crippen LogP contribution in [0.3, 0.4) is 0 Å². The third-order valence-electron chi connectivity index (χ3n) is 5.64. The van der Waals surface area contributed by atoms with Crippen molar-refractivity contribution in [2.75, 3.05) is 18.8 Å². The van der Waals surface area contributed by atoms with Gasteiger partial charge < -0.3 is 15.8 Å². The average Bonchev–Trinajstić information content (AvgIpc) is 2.77. The van der Waals surface area contributed by atoms with E-state index in [-0.39, 0.29) is 11.6 Å². The second-order valence-electron chi connectivity index (χ2n) is 7.68. The third kappa shape index (κ3) is 4.58. The van der Waals surface area contributed by atoms with Crippen LogP contribution in [-0.2, 0) is 0 Å². The van der Waals surface area contributed by atoms with Crippen molar-refractivity contribution in [3.8, 4) is 16.9 Å². The Hall–Kier alpha value is -2.63. The number of ether oxygens (including phenoxy) is 1. The van der Waals surface area contributed by atoms with E-state index in [1.807, 2.05) is 6.07 Å². The highest BCUT2D eigenvalue weighted by molar-refractivity contribution is 6.31. The quantitative estimate of drug-likeness (QED) is 0.548. The molecular weight excluding hydrogens is 401 g/mol. The Labute approximate surface area is 181 Å². The number of nitrogens with one attached hydrogen (secondary N) is 1. The first-order valence-corrected chi connectivity index (χ1v) is 10.6. The lowest BCUT2D eigenvalue weighted by Crippen LogP contribution is -2.26. The molecule has 1 aliphatic heterocycles. The van der Waals surface area contributed by atoms with Crippen LogP contribution in [0.4, 0.5) is 10.2 Å². The number of rotatable bonds is 5. The summed E-state index contributed by atoms with van der Waals surface area (Å²) in [6.07, 6.45) is 3.60. The fraction of sp³-hybridized carbons (Fsp3) is 0.292. The van der Waals surface area contributed by atoms with Gasteiger partial charge in [0.1, 0.15) is 11.9 Å². The topological polar surface area (TPSA) is 60.2 Å². The molecule has 0 aliphatic carbocycles. The molecule has 1 atom stereocenters. The van der Waals surface area contributed by atoms with Crippen molar-refractivity contribution in [1.29, 1.82) is 0 Å². The van der Waals surface area contributed by atoms with E-state index in [9.17, 15) is 4.39 Å². The van der Waals surface area contributed by atoms with Gasteiger partial charge in [0.15, 0.2) is 11.6 Å². The Kier molecular flexibility index (Phi) is 6.21. The summed E-state index contributed by atoms with van der Waals surface area (Å²) >= 11 is 6.21. The Morgan fingerprint density at radius 3 is 2.57 bits per heavy atom. The highest BCUT2D eigenvalue weighted by Crippen LogP contribution is 2.34. The molecule has 1 fully saturated rings. The standard InChI is InChI=1S/C24H25ClFN3O/c1-15(21-13-20(26)6-7-22(21)25)30-23-12-19(14-29-24(23)27)17-4-2-16(3-5-17)18-8-10-28-11-9-18/h2-7,12-15,18,28H,8-11H2,1H3,(H2,27,29). The Morgan fingerprint density at radius 2 is 1.83 bits per heavy atom. The monoisotopic (exact) mass is 425 g/mol. The van der Waals surface area contributed by atoms with Crippen molar-refractivity contribution in [2.45, 2.75) is 31.8 Å². The van der Waals surface area contributed by atoms with E-state index in [0.717, 1.165) is 24.2 Å². The number of nitrogen functional groups attached to an aromatic ring is 1. The maximum Gasteiger partial charge on any atom is 0.166 e. The second kappa shape index (κ2) is 9.02. The normalized spacial score (nSPS) is 15.7. The highest BCUT2D eigenvalue weighted by atomic mass is 35.5. The van der Waals surface area contributed by atoms with Crippen molar-refractivity contribution >= 4 is 17.4 Å². The van der Waals surface area contributed by atoms with Gasteiger partial charge in [0.05, 0.1) is 0 Å². The van der Waals surface area contributed by atoms with Crippen LogP contribution in [0, 0.1) is 5.82 Å². The van der Waals surface area contributed by atoms with Crippen LogP contribution < -0.4 is 15.8 Å². The molecule has 4 rings (SSSR count). The molecule has 0 spiro atoms. The van der Waals surface area contributed by atoms with E-state index < -0.39 is 6.10 Å². The van der Waals surface area contributed by atoms with Crippen LogP contribution in [0.1, 0.15) is 42.9 Å². The summed E-state index contributed by atoms with van der Waals surface area (Å²) in [4.78, 5) is 4.29. The number of nitrogens with zero attached hydrogens (tertiary/aromatic N) is 1. The Bertz CT molecular complexity index is 1020. The third-order valence-corrected chi connectivity index (χ3v) is 5.98. The number of hydrogen-bond acceptors (Lipinski definition) is 4. The van der Waals surface area contributed by atoms with Gasteiger partial charge in [-0.15, -0.1) is 0 Å². The van der Waals surface area contributed by atoms with Crippen LogP contribution in [0.5, 0.6) is 5.75 Å². The first kappa shape index (κ1) is 20.6. The van der Waals surface area contributed by atoms with Crippen LogP contribution in [0.15, 0.2) is 54.7 Å². The predicted octanol–water partition coefficient (Wildman–Crippen LogP) is 5.73. The Balaban J connectivity index is 1.55. The van der Waals surface area contributed by atoms with Crippen LogP contribution >= 0.6 is 11.6 Å². The molecule has 30 heavy (non-hydrogen) atoms. The van der Waals surface area contributed by atoms with Gasteiger partial charge in [0.25, 0.3) is 0 Å². The largest absolute Gasteiger partial charge is 0.482 e. The number of nitrogens with two attached hydrogens (primary N) is 1. The van der Waals surface area contributed by atoms with Crippen molar-refractivity contribution in [3.63, 3.8) is 0 Å². The summed E-state index contributed by atoms with van der Waals surface area (Å²) in [5.74, 6) is 0.978. The Morgan fingerprint density at radius 1 is 1.10 bits per heavy atom. The van der Waals surface area contributed by atoms with E-state index in [1.54, 1.807) is 13.1 Å². The molecule has 0 bridgehead atoms. The maximum absolute atomic E-state index is 13.6. The molecule has 0 amide bonds. The zero-order valence-corrected chi connectivity index (χ0v) is 17.6. The van der Waals surface area contributed by atoms with Gasteiger partial charge in [-0.1, -0.05) is 35.9 Å². The smallest absolute Gasteiger partial charge is 0.166 e. The summed E-state index contributed by atoms with van der Waals surface area (Å²) < 4.78 is 19.6. The summed E-state index contributed by atoms with van der Waals surface area (Å²) in [5.41, 5.74) is 9.92. The average molecular weight is 426 g/mol. The van der Waals surface area contributed by atoms with E-state index in [0.29, 0.717) is 22.3 Å². The summed E-state index contributed by atoms with van der Waals surface area (Å²) in [5, 5.41) is 3.85. The predicted molar refractivity (Wildman–Crippen MR) is 119 cm³/mol.